The van der Waals surface area contributed by atoms with E-state index >= 15 is 0 Å². The van der Waals surface area contributed by atoms with Crippen LogP contribution in [0.4, 0.5) is 0 Å². The molecule has 0 bridgehead atoms. The van der Waals surface area contributed by atoms with Crippen molar-refractivity contribution in [3.8, 4) is 10.8 Å². The Kier molecular flexibility index (Phi) is 3.08. The molecule has 0 spiro atoms. The van der Waals surface area contributed by atoms with Crippen LogP contribution in [-0.2, 0) is 6.42 Å². The average molecular weight is 259 g/mol. The molecule has 4 nitrogen and oxygen atoms in total. The zero-order valence-corrected chi connectivity index (χ0v) is 10.8. The van der Waals surface area contributed by atoms with Crippen LogP contribution in [0.5, 0.6) is 0 Å². The summed E-state index contributed by atoms with van der Waals surface area (Å²) in [7, 11) is 1.91. The second kappa shape index (κ2) is 4.88. The van der Waals surface area contributed by atoms with Gasteiger partial charge in [-0.15, -0.1) is 11.3 Å². The number of benzene rings is 1. The summed E-state index contributed by atoms with van der Waals surface area (Å²) in [4.78, 5) is 5.43. The SMILES string of the molecule is CNCCc1noc(-c2cc3ccccc3s2)n1. The van der Waals surface area contributed by atoms with E-state index in [1.165, 1.54) is 10.1 Å². The van der Waals surface area contributed by atoms with E-state index in [2.05, 4.69) is 33.7 Å². The van der Waals surface area contributed by atoms with E-state index < -0.39 is 0 Å². The number of aromatic nitrogens is 2. The summed E-state index contributed by atoms with van der Waals surface area (Å²) in [5, 5.41) is 8.26. The molecule has 2 aromatic heterocycles. The third-order valence-corrected chi connectivity index (χ3v) is 3.81. The van der Waals surface area contributed by atoms with Crippen molar-refractivity contribution in [1.82, 2.24) is 15.5 Å². The Labute approximate surface area is 109 Å². The highest BCUT2D eigenvalue weighted by atomic mass is 32.1. The van der Waals surface area contributed by atoms with Crippen molar-refractivity contribution >= 4 is 21.4 Å². The van der Waals surface area contributed by atoms with Gasteiger partial charge in [-0.3, -0.25) is 0 Å². The first kappa shape index (κ1) is 11.4. The lowest BCUT2D eigenvalue weighted by atomic mass is 10.2. The molecule has 0 saturated carbocycles. The summed E-state index contributed by atoms with van der Waals surface area (Å²) >= 11 is 1.68. The number of hydrogen-bond acceptors (Lipinski definition) is 5. The Balaban J connectivity index is 1.91. The van der Waals surface area contributed by atoms with Crippen molar-refractivity contribution in [3.63, 3.8) is 0 Å². The Morgan fingerprint density at radius 3 is 3.06 bits per heavy atom. The van der Waals surface area contributed by atoms with Crippen molar-refractivity contribution < 1.29 is 4.52 Å². The number of nitrogens with one attached hydrogen (secondary N) is 1. The quantitative estimate of drug-likeness (QED) is 0.782. The van der Waals surface area contributed by atoms with Gasteiger partial charge in [-0.2, -0.15) is 4.98 Å². The first-order valence-corrected chi connectivity index (χ1v) is 6.64. The maximum absolute atomic E-state index is 5.30. The zero-order valence-electron chi connectivity index (χ0n) is 10.0. The van der Waals surface area contributed by atoms with E-state index in [0.717, 1.165) is 23.7 Å². The maximum atomic E-state index is 5.30. The normalized spacial score (nSPS) is 11.2. The van der Waals surface area contributed by atoms with Crippen molar-refractivity contribution in [1.29, 1.82) is 0 Å². The van der Waals surface area contributed by atoms with Gasteiger partial charge >= 0.3 is 0 Å². The fraction of sp³-hybridized carbons (Fsp3) is 0.231. The maximum Gasteiger partial charge on any atom is 0.268 e. The summed E-state index contributed by atoms with van der Waals surface area (Å²) in [5.74, 6) is 1.36. The van der Waals surface area contributed by atoms with Crippen LogP contribution in [0.25, 0.3) is 20.9 Å². The van der Waals surface area contributed by atoms with Crippen LogP contribution in [0.15, 0.2) is 34.9 Å². The summed E-state index contributed by atoms with van der Waals surface area (Å²) < 4.78 is 6.54. The Morgan fingerprint density at radius 1 is 1.33 bits per heavy atom. The van der Waals surface area contributed by atoms with Crippen molar-refractivity contribution in [3.05, 3.63) is 36.2 Å². The van der Waals surface area contributed by atoms with Crippen LogP contribution in [0.1, 0.15) is 5.82 Å². The molecule has 0 aliphatic rings. The Morgan fingerprint density at radius 2 is 2.22 bits per heavy atom. The van der Waals surface area contributed by atoms with Crippen LogP contribution in [0, 0.1) is 0 Å². The van der Waals surface area contributed by atoms with Gasteiger partial charge in [-0.1, -0.05) is 23.4 Å². The smallest absolute Gasteiger partial charge is 0.268 e. The Hall–Kier alpha value is -1.72. The van der Waals surface area contributed by atoms with Gasteiger partial charge in [0.1, 0.15) is 0 Å². The van der Waals surface area contributed by atoms with E-state index in [0.29, 0.717) is 5.89 Å². The molecule has 0 amide bonds. The fourth-order valence-electron chi connectivity index (χ4n) is 1.78. The molecule has 3 rings (SSSR count). The minimum Gasteiger partial charge on any atom is -0.333 e. The standard InChI is InChI=1S/C13H13N3OS/c1-14-7-6-12-15-13(17-16-12)11-8-9-4-2-3-5-10(9)18-11/h2-5,8,14H,6-7H2,1H3. The molecule has 18 heavy (non-hydrogen) atoms. The van der Waals surface area contributed by atoms with Gasteiger partial charge in [0.15, 0.2) is 5.82 Å². The van der Waals surface area contributed by atoms with Gasteiger partial charge in [0, 0.05) is 17.7 Å². The predicted octanol–water partition coefficient (Wildman–Crippen LogP) is 2.71. The summed E-state index contributed by atoms with van der Waals surface area (Å²) in [6, 6.07) is 10.4. The van der Waals surface area contributed by atoms with Gasteiger partial charge in [0.2, 0.25) is 0 Å². The summed E-state index contributed by atoms with van der Waals surface area (Å²) in [5.41, 5.74) is 0. The minimum atomic E-state index is 0.613. The third kappa shape index (κ3) is 2.14. The topological polar surface area (TPSA) is 51.0 Å². The second-order valence-electron chi connectivity index (χ2n) is 4.02. The van der Waals surface area contributed by atoms with E-state index in [1.807, 2.05) is 19.2 Å². The first-order valence-electron chi connectivity index (χ1n) is 5.83. The zero-order chi connectivity index (χ0) is 12.4. The van der Waals surface area contributed by atoms with Crippen molar-refractivity contribution in [2.75, 3.05) is 13.6 Å². The number of rotatable bonds is 4. The van der Waals surface area contributed by atoms with Crippen molar-refractivity contribution in [2.24, 2.45) is 0 Å². The monoisotopic (exact) mass is 259 g/mol. The van der Waals surface area contributed by atoms with E-state index in [-0.39, 0.29) is 0 Å². The van der Waals surface area contributed by atoms with Gasteiger partial charge in [0.05, 0.1) is 4.88 Å². The lowest BCUT2D eigenvalue weighted by Crippen LogP contribution is -2.10. The average Bonchev–Trinajstić information content (AvgIpc) is 3.02. The highest BCUT2D eigenvalue weighted by molar-refractivity contribution is 7.22. The first-order chi connectivity index (χ1) is 8.86. The van der Waals surface area contributed by atoms with Crippen molar-refractivity contribution in [2.45, 2.75) is 6.42 Å². The molecule has 0 saturated heterocycles. The molecule has 0 fully saturated rings. The number of fused-ring (bicyclic) bond motifs is 1. The molecule has 0 aliphatic carbocycles. The molecular weight excluding hydrogens is 246 g/mol. The number of hydrogen-bond donors (Lipinski definition) is 1. The lowest BCUT2D eigenvalue weighted by Gasteiger charge is -1.90. The Bertz CT molecular complexity index is 626. The predicted molar refractivity (Wildman–Crippen MR) is 72.7 cm³/mol. The minimum absolute atomic E-state index is 0.613. The number of nitrogens with zero attached hydrogens (tertiary/aromatic N) is 2. The molecule has 3 aromatic rings. The molecule has 5 heteroatoms. The molecule has 0 unspecified atom stereocenters. The lowest BCUT2D eigenvalue weighted by molar-refractivity contribution is 0.423. The van der Waals surface area contributed by atoms with Crippen LogP contribution in [-0.4, -0.2) is 23.7 Å². The molecule has 2 heterocycles. The van der Waals surface area contributed by atoms with Crippen LogP contribution >= 0.6 is 11.3 Å². The molecule has 92 valence electrons. The van der Waals surface area contributed by atoms with E-state index in [1.54, 1.807) is 11.3 Å². The van der Waals surface area contributed by atoms with Crippen LogP contribution < -0.4 is 5.32 Å². The number of thiophene rings is 1. The molecular formula is C13H13N3OS. The highest BCUT2D eigenvalue weighted by Gasteiger charge is 2.11. The third-order valence-electron chi connectivity index (χ3n) is 2.70. The van der Waals surface area contributed by atoms with Crippen LogP contribution in [0.3, 0.4) is 0 Å². The van der Waals surface area contributed by atoms with Gasteiger partial charge < -0.3 is 9.84 Å². The van der Waals surface area contributed by atoms with E-state index in [4.69, 9.17) is 4.52 Å². The molecule has 0 atom stereocenters. The second-order valence-corrected chi connectivity index (χ2v) is 5.10. The van der Waals surface area contributed by atoms with Gasteiger partial charge in [-0.25, -0.2) is 0 Å². The molecule has 1 aromatic carbocycles. The van der Waals surface area contributed by atoms with Gasteiger partial charge in [-0.05, 0) is 24.6 Å². The highest BCUT2D eigenvalue weighted by Crippen LogP contribution is 2.32. The number of likely N-dealkylation sites (N-methyl/N-ethyl adjacent to an activating group) is 1. The fourth-order valence-corrected chi connectivity index (χ4v) is 2.76. The van der Waals surface area contributed by atoms with E-state index in [9.17, 15) is 0 Å². The summed E-state index contributed by atoms with van der Waals surface area (Å²) in [6.07, 6.45) is 0.783. The molecule has 1 N–H and O–H groups in total. The largest absolute Gasteiger partial charge is 0.333 e. The van der Waals surface area contributed by atoms with Crippen LogP contribution in [0.2, 0.25) is 0 Å². The van der Waals surface area contributed by atoms with Gasteiger partial charge in [0.25, 0.3) is 5.89 Å². The summed E-state index contributed by atoms with van der Waals surface area (Å²) in [6.45, 7) is 0.853. The molecule has 0 aliphatic heterocycles. The molecule has 0 radical (unpaired) electrons.